The predicted octanol–water partition coefficient (Wildman–Crippen LogP) is 13.2. The lowest BCUT2D eigenvalue weighted by Gasteiger charge is -2.11. The Balaban J connectivity index is 0.000000260. The summed E-state index contributed by atoms with van der Waals surface area (Å²) in [6.07, 6.45) is 12.6. The lowest BCUT2D eigenvalue weighted by Crippen LogP contribution is -2.29. The molecule has 6 aromatic carbocycles. The molecule has 10 aromatic rings. The molecule has 0 fully saturated rings. The molecule has 4 heterocycles. The van der Waals surface area contributed by atoms with Gasteiger partial charge in [-0.3, -0.25) is 62.3 Å². The molecule has 28 nitrogen and oxygen atoms in total. The maximum absolute atomic E-state index is 12.6. The van der Waals surface area contributed by atoms with Crippen molar-refractivity contribution in [2.45, 2.75) is 74.6 Å². The van der Waals surface area contributed by atoms with Crippen molar-refractivity contribution in [3.05, 3.63) is 351 Å². The fourth-order valence-electron chi connectivity index (χ4n) is 9.62. The minimum absolute atomic E-state index is 0.00671. The maximum Gasteiger partial charge on any atom is 0.375 e. The third-order valence-electron chi connectivity index (χ3n) is 15.6. The Morgan fingerprint density at radius 2 is 0.773 bits per heavy atom. The van der Waals surface area contributed by atoms with Gasteiger partial charge in [0.15, 0.2) is 52.5 Å². The summed E-state index contributed by atoms with van der Waals surface area (Å²) in [5.41, 5.74) is 2.28. The summed E-state index contributed by atoms with van der Waals surface area (Å²) in [5, 5.41) is 11.6. The van der Waals surface area contributed by atoms with Crippen LogP contribution in [0.2, 0.25) is 0 Å². The van der Waals surface area contributed by atoms with E-state index < -0.39 is 62.5 Å². The van der Waals surface area contributed by atoms with Gasteiger partial charge >= 0.3 is 5.97 Å². The second-order valence-electron chi connectivity index (χ2n) is 25.7. The average Bonchev–Trinajstić information content (AvgIpc) is 0.827. The van der Waals surface area contributed by atoms with Gasteiger partial charge in [-0.15, -0.1) is 0 Å². The molecule has 0 spiro atoms. The Kier molecular flexibility index (Phi) is 40.3. The SMILES string of the molecule is CC(=O)/C(=C\N(C)C)C(=O)COCc1ccccc1.CC(=O)/C=C/N(C)C.CC(=O)c1coc(/C=C/c2ccccc2)c(OCc2ccccc2)c1=O.CC(=O)c1coc(C(=O)O)c(OCc2ccccc2)c1=O.CC(=O)c1coc(C=O)c(OCc2ccccc2)c1=O.COCCNC(=O)c1occ(C(C)=O)c(=O)c1OCc1ccccc1. The minimum atomic E-state index is -1.44. The van der Waals surface area contributed by atoms with Gasteiger partial charge in [-0.25, -0.2) is 4.79 Å². The van der Waals surface area contributed by atoms with Gasteiger partial charge in [0.1, 0.15) is 80.3 Å². The van der Waals surface area contributed by atoms with Crippen LogP contribution in [0.1, 0.15) is 154 Å². The number of carbonyl (C=O) groups is 10. The molecule has 4 aromatic heterocycles. The number of carbonyl (C=O) groups excluding carboxylic acids is 9. The van der Waals surface area contributed by atoms with Gasteiger partial charge in [0.25, 0.3) is 11.7 Å². The van der Waals surface area contributed by atoms with Gasteiger partial charge in [0.2, 0.25) is 56.2 Å². The van der Waals surface area contributed by atoms with Crippen LogP contribution in [0.4, 0.5) is 0 Å². The molecule has 620 valence electrons. The molecule has 0 unspecified atom stereocenters. The molecule has 28 heteroatoms. The molecule has 0 saturated carbocycles. The van der Waals surface area contributed by atoms with Crippen molar-refractivity contribution in [2.24, 2.45) is 0 Å². The van der Waals surface area contributed by atoms with E-state index in [9.17, 15) is 67.1 Å². The number of Topliss-reactive ketones (excluding diaryl/α,β-unsaturated/α-hetero) is 6. The molecular formula is C91H91N3O25. The second-order valence-corrected chi connectivity index (χ2v) is 25.7. The van der Waals surface area contributed by atoms with Crippen LogP contribution in [-0.4, -0.2) is 129 Å². The molecule has 0 bridgehead atoms. The number of allylic oxidation sites excluding steroid dienone is 1. The normalized spacial score (nSPS) is 10.5. The summed E-state index contributed by atoms with van der Waals surface area (Å²) in [7, 11) is 8.78. The lowest BCUT2D eigenvalue weighted by molar-refractivity contribution is -0.124. The number of nitrogens with zero attached hydrogens (tertiary/aromatic N) is 2. The predicted molar refractivity (Wildman–Crippen MR) is 442 cm³/mol. The number of amides is 1. The van der Waals surface area contributed by atoms with Gasteiger partial charge < -0.3 is 66.3 Å². The fraction of sp³-hybridized carbons (Fsp3) is 0.209. The number of carboxylic acids is 1. The first-order valence-corrected chi connectivity index (χ1v) is 36.4. The highest BCUT2D eigenvalue weighted by Crippen LogP contribution is 2.23. The van der Waals surface area contributed by atoms with E-state index in [2.05, 4.69) is 5.32 Å². The summed E-state index contributed by atoms with van der Waals surface area (Å²) in [6.45, 7) is 9.09. The van der Waals surface area contributed by atoms with E-state index in [-0.39, 0.29) is 125 Å². The van der Waals surface area contributed by atoms with Crippen LogP contribution in [0.25, 0.3) is 12.2 Å². The largest absolute Gasteiger partial charge is 0.481 e. The van der Waals surface area contributed by atoms with E-state index in [0.29, 0.717) is 19.5 Å². The number of ether oxygens (including phenoxy) is 6. The zero-order chi connectivity index (χ0) is 87.3. The summed E-state index contributed by atoms with van der Waals surface area (Å²) in [5.74, 6) is -6.12. The molecule has 0 aliphatic carbocycles. The molecule has 0 aliphatic heterocycles. The Morgan fingerprint density at radius 3 is 1.12 bits per heavy atom. The summed E-state index contributed by atoms with van der Waals surface area (Å²) in [6, 6.07) is 55.9. The van der Waals surface area contributed by atoms with Crippen LogP contribution in [0.3, 0.4) is 0 Å². The lowest BCUT2D eigenvalue weighted by atomic mass is 10.1. The van der Waals surface area contributed by atoms with E-state index in [4.69, 9.17) is 51.2 Å². The number of aldehydes is 1. The third kappa shape index (κ3) is 32.6. The first kappa shape index (κ1) is 95.0. The molecule has 0 atom stereocenters. The number of methoxy groups -OCH3 is 1. The summed E-state index contributed by atoms with van der Waals surface area (Å²) >= 11 is 0. The van der Waals surface area contributed by atoms with Crippen molar-refractivity contribution < 1.29 is 99.1 Å². The monoisotopic (exact) mass is 1630 g/mol. The Labute approximate surface area is 685 Å². The molecule has 2 N–H and O–H groups in total. The summed E-state index contributed by atoms with van der Waals surface area (Å²) < 4.78 is 52.6. The molecule has 119 heavy (non-hydrogen) atoms. The Bertz CT molecular complexity index is 5400. The van der Waals surface area contributed by atoms with E-state index in [1.807, 2.05) is 183 Å². The molecule has 0 saturated heterocycles. The fourth-order valence-corrected chi connectivity index (χ4v) is 9.62. The molecular weight excluding hydrogens is 1530 g/mol. The topological polar surface area (TPSA) is 386 Å². The van der Waals surface area contributed by atoms with Crippen molar-refractivity contribution in [3.8, 4) is 23.0 Å². The van der Waals surface area contributed by atoms with Crippen molar-refractivity contribution in [2.75, 3.05) is 55.1 Å². The minimum Gasteiger partial charge on any atom is -0.481 e. The number of ketones is 7. The standard InChI is InChI=1S/C22H18O4.C18H19NO6.C15H19NO3.C15H12O6.C15H12O5.C6H11NO/c1-16(23)19-15-25-20(13-12-17-8-4-2-5-9-17)22(21(19)24)26-14-18-10-6-3-7-11-18;1-12(20)14-11-25-17(18(22)19-8-9-23-2)16(15(14)21)24-10-13-6-4-3-5-7-13;1-12(17)14(9-16(2)3)15(18)11-19-10-13-7-5-4-6-8-13;1-9(16)11-8-21-14(15(18)19)13(12(11)17)20-7-10-5-3-2-4-6-10;1-10(17)12-9-19-13(7-16)15(14(12)18)20-8-11-5-3-2-4-6-11;1-6(8)4-5-7(2)3/h2-13,15H,14H2,1H3;3-7,11H,8-10H2,1-2H3,(H,19,22);4-9H,10-11H2,1-3H3;2-6,8H,7H2,1H3,(H,18,19);2-7,9H,8H2,1H3;4-5H,1-3H3/b13-12+;;14-9+;;;5-4+. The van der Waals surface area contributed by atoms with E-state index in [1.165, 1.54) is 67.2 Å². The van der Waals surface area contributed by atoms with Crippen LogP contribution in [0.15, 0.2) is 268 Å². The van der Waals surface area contributed by atoms with Crippen LogP contribution >= 0.6 is 0 Å². The number of hydrogen-bond donors (Lipinski definition) is 2. The van der Waals surface area contributed by atoms with E-state index in [0.717, 1.165) is 52.2 Å². The number of aromatic carboxylic acids is 1. The van der Waals surface area contributed by atoms with Crippen molar-refractivity contribution >= 4 is 70.8 Å². The molecule has 0 aliphatic rings. The number of nitrogens with one attached hydrogen (secondary N) is 1. The first-order chi connectivity index (χ1) is 57.0. The average molecular weight is 1630 g/mol. The van der Waals surface area contributed by atoms with Gasteiger partial charge in [-0.2, -0.15) is 0 Å². The maximum atomic E-state index is 12.6. The van der Waals surface area contributed by atoms with E-state index >= 15 is 0 Å². The van der Waals surface area contributed by atoms with E-state index in [1.54, 1.807) is 55.5 Å². The number of carboxylic acid groups (broad SMARTS) is 1. The number of benzene rings is 6. The number of rotatable bonds is 33. The Morgan fingerprint density at radius 1 is 0.429 bits per heavy atom. The highest BCUT2D eigenvalue weighted by molar-refractivity contribution is 6.19. The van der Waals surface area contributed by atoms with Gasteiger partial charge in [-0.05, 0) is 87.1 Å². The zero-order valence-corrected chi connectivity index (χ0v) is 67.4. The quantitative estimate of drug-likeness (QED) is 0.00963. The second kappa shape index (κ2) is 50.6. The third-order valence-corrected chi connectivity index (χ3v) is 15.6. The van der Waals surface area contributed by atoms with Crippen molar-refractivity contribution in [1.29, 1.82) is 0 Å². The van der Waals surface area contributed by atoms with Crippen LogP contribution in [0, 0.1) is 0 Å². The highest BCUT2D eigenvalue weighted by atomic mass is 16.5. The van der Waals surface area contributed by atoms with Crippen LogP contribution in [-0.2, 0) is 56.9 Å². The van der Waals surface area contributed by atoms with Gasteiger partial charge in [0.05, 0.1) is 18.8 Å². The van der Waals surface area contributed by atoms with Gasteiger partial charge in [-0.1, -0.05) is 188 Å². The Hall–Kier alpha value is -14.6. The molecule has 10 rings (SSSR count). The van der Waals surface area contributed by atoms with Gasteiger partial charge in [0, 0.05) is 54.2 Å². The zero-order valence-electron chi connectivity index (χ0n) is 67.4. The summed E-state index contributed by atoms with van der Waals surface area (Å²) in [4.78, 5) is 166. The smallest absolute Gasteiger partial charge is 0.375 e. The highest BCUT2D eigenvalue weighted by Gasteiger charge is 2.26. The van der Waals surface area contributed by atoms with Crippen molar-refractivity contribution in [3.63, 3.8) is 0 Å². The van der Waals surface area contributed by atoms with Crippen molar-refractivity contribution in [1.82, 2.24) is 15.1 Å². The van der Waals surface area contributed by atoms with Crippen LogP contribution < -0.4 is 46.0 Å². The molecule has 1 amide bonds. The molecule has 0 radical (unpaired) electrons. The number of hydrogen-bond acceptors (Lipinski definition) is 26. The first-order valence-electron chi connectivity index (χ1n) is 36.4. The van der Waals surface area contributed by atoms with Crippen LogP contribution in [0.5, 0.6) is 23.0 Å².